The molecule has 102 valence electrons. The zero-order chi connectivity index (χ0) is 14.7. The summed E-state index contributed by atoms with van der Waals surface area (Å²) in [4.78, 5) is 23.4. The van der Waals surface area contributed by atoms with Crippen LogP contribution in [-0.2, 0) is 0 Å². The monoisotopic (exact) mass is 271 g/mol. The number of nitrogens with one attached hydrogen (secondary N) is 1. The van der Waals surface area contributed by atoms with Gasteiger partial charge in [0.25, 0.3) is 11.8 Å². The van der Waals surface area contributed by atoms with Crippen LogP contribution in [0.4, 0.5) is 11.4 Å². The summed E-state index contributed by atoms with van der Waals surface area (Å²) in [5.74, 6) is -1.26. The number of rotatable bonds is 3. The van der Waals surface area contributed by atoms with Gasteiger partial charge in [-0.25, -0.2) is 0 Å². The van der Waals surface area contributed by atoms with Crippen molar-refractivity contribution in [2.75, 3.05) is 11.1 Å². The molecule has 0 saturated carbocycles. The summed E-state index contributed by atoms with van der Waals surface area (Å²) in [5, 5.41) is 11.9. The second-order valence-electron chi connectivity index (χ2n) is 4.14. The molecule has 0 radical (unpaired) electrons. The van der Waals surface area contributed by atoms with Gasteiger partial charge >= 0.3 is 0 Å². The molecule has 2 amide bonds. The lowest BCUT2D eigenvalue weighted by molar-refractivity contribution is 0.100. The van der Waals surface area contributed by atoms with Crippen molar-refractivity contribution < 1.29 is 14.7 Å². The van der Waals surface area contributed by atoms with Crippen LogP contribution in [-0.4, -0.2) is 16.9 Å². The van der Waals surface area contributed by atoms with Crippen LogP contribution in [0.2, 0.25) is 0 Å². The number of carbonyl (C=O) groups excluding carboxylic acids is 2. The molecule has 0 aromatic heterocycles. The predicted molar refractivity (Wildman–Crippen MR) is 75.4 cm³/mol. The maximum absolute atomic E-state index is 12.1. The fraction of sp³-hybridized carbons (Fsp3) is 0. The second kappa shape index (κ2) is 5.31. The van der Waals surface area contributed by atoms with Crippen LogP contribution in [0.1, 0.15) is 20.7 Å². The Balaban J connectivity index is 2.33. The summed E-state index contributed by atoms with van der Waals surface area (Å²) >= 11 is 0. The Morgan fingerprint density at radius 1 is 1.05 bits per heavy atom. The van der Waals surface area contributed by atoms with E-state index in [-0.39, 0.29) is 28.3 Å². The van der Waals surface area contributed by atoms with E-state index in [0.717, 1.165) is 0 Å². The summed E-state index contributed by atoms with van der Waals surface area (Å²) in [6.07, 6.45) is 0. The highest BCUT2D eigenvalue weighted by atomic mass is 16.3. The molecule has 6 heteroatoms. The number of primary amides is 1. The van der Waals surface area contributed by atoms with E-state index in [4.69, 9.17) is 11.5 Å². The number of phenolic OH excluding ortho intramolecular Hbond substituents is 1. The number of carbonyl (C=O) groups is 2. The topological polar surface area (TPSA) is 118 Å². The number of aromatic hydroxyl groups is 1. The number of hydrogen-bond donors (Lipinski definition) is 4. The molecule has 0 spiro atoms. The lowest BCUT2D eigenvalue weighted by atomic mass is 10.1. The standard InChI is InChI=1S/C14H13N3O3/c15-11-6-5-8(18)7-10(11)14(20)17-12-4-2-1-3-9(12)13(16)19/h1-7,18H,15H2,(H2,16,19)(H,17,20). The first-order valence-electron chi connectivity index (χ1n) is 5.77. The molecule has 2 aromatic rings. The molecule has 2 rings (SSSR count). The van der Waals surface area contributed by atoms with Crippen molar-refractivity contribution in [3.63, 3.8) is 0 Å². The molecule has 0 bridgehead atoms. The summed E-state index contributed by atoms with van der Waals surface area (Å²) in [6, 6.07) is 10.4. The predicted octanol–water partition coefficient (Wildman–Crippen LogP) is 1.33. The zero-order valence-electron chi connectivity index (χ0n) is 10.5. The third kappa shape index (κ3) is 2.69. The summed E-state index contributed by atoms with van der Waals surface area (Å²) < 4.78 is 0. The van der Waals surface area contributed by atoms with Crippen molar-refractivity contribution in [3.8, 4) is 5.75 Å². The fourth-order valence-electron chi connectivity index (χ4n) is 1.74. The van der Waals surface area contributed by atoms with Gasteiger partial charge in [-0.1, -0.05) is 12.1 Å². The van der Waals surface area contributed by atoms with Gasteiger partial charge in [0.2, 0.25) is 0 Å². The number of para-hydroxylation sites is 1. The molecule has 0 aliphatic rings. The highest BCUT2D eigenvalue weighted by molar-refractivity contribution is 6.11. The molecule has 0 atom stereocenters. The summed E-state index contributed by atoms with van der Waals surface area (Å²) in [6.45, 7) is 0. The SMILES string of the molecule is NC(=O)c1ccccc1NC(=O)c1cc(O)ccc1N. The van der Waals surface area contributed by atoms with Crippen molar-refractivity contribution in [1.82, 2.24) is 0 Å². The number of nitrogen functional groups attached to an aromatic ring is 1. The number of benzene rings is 2. The number of amides is 2. The first-order valence-corrected chi connectivity index (χ1v) is 5.77. The smallest absolute Gasteiger partial charge is 0.257 e. The first kappa shape index (κ1) is 13.4. The van der Waals surface area contributed by atoms with Gasteiger partial charge in [0, 0.05) is 5.69 Å². The highest BCUT2D eigenvalue weighted by Gasteiger charge is 2.14. The number of phenols is 1. The van der Waals surface area contributed by atoms with Crippen LogP contribution >= 0.6 is 0 Å². The third-order valence-corrected chi connectivity index (χ3v) is 2.72. The number of hydrogen-bond acceptors (Lipinski definition) is 4. The molecule has 0 heterocycles. The van der Waals surface area contributed by atoms with Crippen LogP contribution in [0.25, 0.3) is 0 Å². The van der Waals surface area contributed by atoms with Gasteiger partial charge in [0.05, 0.1) is 16.8 Å². The summed E-state index contributed by atoms with van der Waals surface area (Å²) in [7, 11) is 0. The van der Waals surface area contributed by atoms with Gasteiger partial charge < -0.3 is 21.9 Å². The van der Waals surface area contributed by atoms with Crippen LogP contribution < -0.4 is 16.8 Å². The molecule has 0 aliphatic carbocycles. The largest absolute Gasteiger partial charge is 0.508 e. The van der Waals surface area contributed by atoms with Crippen LogP contribution in [0.15, 0.2) is 42.5 Å². The molecular weight excluding hydrogens is 258 g/mol. The van der Waals surface area contributed by atoms with E-state index < -0.39 is 11.8 Å². The average molecular weight is 271 g/mol. The van der Waals surface area contributed by atoms with Crippen LogP contribution in [0, 0.1) is 0 Å². The van der Waals surface area contributed by atoms with Gasteiger partial charge in [0.15, 0.2) is 0 Å². The van der Waals surface area contributed by atoms with Crippen LogP contribution in [0.3, 0.4) is 0 Å². The molecular formula is C14H13N3O3. The Morgan fingerprint density at radius 3 is 2.45 bits per heavy atom. The Bertz CT molecular complexity index is 683. The molecule has 20 heavy (non-hydrogen) atoms. The van der Waals surface area contributed by atoms with Gasteiger partial charge in [-0.2, -0.15) is 0 Å². The quantitative estimate of drug-likeness (QED) is 0.497. The van der Waals surface area contributed by atoms with Crippen LogP contribution in [0.5, 0.6) is 5.75 Å². The van der Waals surface area contributed by atoms with Crippen molar-refractivity contribution in [2.24, 2.45) is 5.73 Å². The van der Waals surface area contributed by atoms with Crippen molar-refractivity contribution in [2.45, 2.75) is 0 Å². The molecule has 0 unspecified atom stereocenters. The Kier molecular flexibility index (Phi) is 3.56. The minimum atomic E-state index is -0.648. The molecule has 0 saturated heterocycles. The third-order valence-electron chi connectivity index (χ3n) is 2.72. The van der Waals surface area contributed by atoms with E-state index in [2.05, 4.69) is 5.32 Å². The van der Waals surface area contributed by atoms with E-state index in [1.807, 2.05) is 0 Å². The van der Waals surface area contributed by atoms with E-state index in [0.29, 0.717) is 0 Å². The molecule has 2 aromatic carbocycles. The first-order chi connectivity index (χ1) is 9.49. The van der Waals surface area contributed by atoms with E-state index in [1.54, 1.807) is 18.2 Å². The van der Waals surface area contributed by atoms with Gasteiger partial charge in [0.1, 0.15) is 5.75 Å². The maximum Gasteiger partial charge on any atom is 0.257 e. The fourth-order valence-corrected chi connectivity index (χ4v) is 1.74. The Labute approximate surface area is 115 Å². The number of anilines is 2. The van der Waals surface area contributed by atoms with Crippen molar-refractivity contribution in [1.29, 1.82) is 0 Å². The van der Waals surface area contributed by atoms with E-state index >= 15 is 0 Å². The maximum atomic E-state index is 12.1. The average Bonchev–Trinajstić information content (AvgIpc) is 2.41. The van der Waals surface area contributed by atoms with E-state index in [1.165, 1.54) is 24.3 Å². The number of nitrogens with two attached hydrogens (primary N) is 2. The van der Waals surface area contributed by atoms with Gasteiger partial charge in [-0.3, -0.25) is 9.59 Å². The van der Waals surface area contributed by atoms with Crippen molar-refractivity contribution >= 4 is 23.2 Å². The normalized spacial score (nSPS) is 10.0. The van der Waals surface area contributed by atoms with E-state index in [9.17, 15) is 14.7 Å². The second-order valence-corrected chi connectivity index (χ2v) is 4.14. The zero-order valence-corrected chi connectivity index (χ0v) is 10.5. The summed E-state index contributed by atoms with van der Waals surface area (Å²) in [5.41, 5.74) is 11.7. The molecule has 0 fully saturated rings. The molecule has 6 nitrogen and oxygen atoms in total. The highest BCUT2D eigenvalue weighted by Crippen LogP contribution is 2.21. The Hall–Kier alpha value is -3.02. The van der Waals surface area contributed by atoms with Crippen molar-refractivity contribution in [3.05, 3.63) is 53.6 Å². The minimum absolute atomic E-state index is 0.0764. The van der Waals surface area contributed by atoms with Gasteiger partial charge in [-0.05, 0) is 30.3 Å². The molecule has 6 N–H and O–H groups in total. The lowest BCUT2D eigenvalue weighted by Gasteiger charge is -2.10. The molecule has 0 aliphatic heterocycles. The minimum Gasteiger partial charge on any atom is -0.508 e. The Morgan fingerprint density at radius 2 is 1.75 bits per heavy atom. The van der Waals surface area contributed by atoms with Gasteiger partial charge in [-0.15, -0.1) is 0 Å². The lowest BCUT2D eigenvalue weighted by Crippen LogP contribution is -2.19.